The van der Waals surface area contributed by atoms with Crippen LogP contribution in [0, 0.1) is 5.82 Å². The third kappa shape index (κ3) is 2.55. The van der Waals surface area contributed by atoms with Crippen LogP contribution in [0.4, 0.5) is 15.8 Å². The van der Waals surface area contributed by atoms with Gasteiger partial charge in [0, 0.05) is 6.20 Å². The van der Waals surface area contributed by atoms with Crippen molar-refractivity contribution < 1.29 is 9.18 Å². The van der Waals surface area contributed by atoms with E-state index in [1.54, 1.807) is 12.3 Å². The highest BCUT2D eigenvalue weighted by Gasteiger charge is 2.18. The molecule has 0 radical (unpaired) electrons. The third-order valence-corrected chi connectivity index (χ3v) is 4.34. The summed E-state index contributed by atoms with van der Waals surface area (Å²) >= 11 is 7.13. The molecule has 0 spiro atoms. The van der Waals surface area contributed by atoms with Crippen LogP contribution in [0.15, 0.2) is 36.5 Å². The molecule has 2 heterocycles. The molecule has 0 aliphatic heterocycles. The van der Waals surface area contributed by atoms with Crippen molar-refractivity contribution in [1.82, 2.24) is 4.98 Å². The van der Waals surface area contributed by atoms with Gasteiger partial charge in [-0.2, -0.15) is 0 Å². The second-order valence-corrected chi connectivity index (χ2v) is 5.73. The molecule has 21 heavy (non-hydrogen) atoms. The number of nitrogen functional groups attached to an aromatic ring is 1. The average Bonchev–Trinajstić information content (AvgIpc) is 2.80. The molecule has 4 nitrogen and oxygen atoms in total. The first-order valence-electron chi connectivity index (χ1n) is 5.95. The van der Waals surface area contributed by atoms with E-state index in [1.807, 2.05) is 6.07 Å². The zero-order valence-electron chi connectivity index (χ0n) is 10.6. The average molecular weight is 322 g/mol. The molecule has 3 aromatic rings. The van der Waals surface area contributed by atoms with Crippen LogP contribution in [0.3, 0.4) is 0 Å². The summed E-state index contributed by atoms with van der Waals surface area (Å²) in [6, 6.07) is 7.36. The minimum atomic E-state index is -0.469. The first-order valence-corrected chi connectivity index (χ1v) is 7.15. The van der Waals surface area contributed by atoms with Crippen LogP contribution < -0.4 is 11.1 Å². The number of nitrogens with zero attached hydrogens (tertiary/aromatic N) is 1. The van der Waals surface area contributed by atoms with Crippen LogP contribution in [0.2, 0.25) is 5.02 Å². The van der Waals surface area contributed by atoms with Crippen molar-refractivity contribution in [2.24, 2.45) is 0 Å². The summed E-state index contributed by atoms with van der Waals surface area (Å²) in [5, 5.41) is 2.75. The number of halogens is 2. The molecule has 3 N–H and O–H groups in total. The van der Waals surface area contributed by atoms with Crippen molar-refractivity contribution >= 4 is 50.4 Å². The fraction of sp³-hybridized carbons (Fsp3) is 0. The number of nitrogens with one attached hydrogen (secondary N) is 1. The Kier molecular flexibility index (Phi) is 3.48. The molecule has 1 amide bonds. The van der Waals surface area contributed by atoms with Gasteiger partial charge in [0.15, 0.2) is 0 Å². The number of fused-ring (bicyclic) bond motifs is 1. The summed E-state index contributed by atoms with van der Waals surface area (Å²) in [5.74, 6) is -0.868. The van der Waals surface area contributed by atoms with Gasteiger partial charge in [0.1, 0.15) is 16.2 Å². The van der Waals surface area contributed by atoms with Gasteiger partial charge in [-0.3, -0.25) is 9.78 Å². The normalized spacial score (nSPS) is 10.8. The van der Waals surface area contributed by atoms with Gasteiger partial charge in [-0.25, -0.2) is 4.39 Å². The summed E-state index contributed by atoms with van der Waals surface area (Å²) in [5.41, 5.74) is 7.20. The van der Waals surface area contributed by atoms with Gasteiger partial charge < -0.3 is 11.1 Å². The zero-order chi connectivity index (χ0) is 15.0. The minimum absolute atomic E-state index is 0.126. The number of thiophene rings is 1. The van der Waals surface area contributed by atoms with Gasteiger partial charge in [0.2, 0.25) is 0 Å². The van der Waals surface area contributed by atoms with Gasteiger partial charge in [0.05, 0.1) is 21.1 Å². The second-order valence-electron chi connectivity index (χ2n) is 4.27. The van der Waals surface area contributed by atoms with Crippen LogP contribution in [0.25, 0.3) is 10.2 Å². The van der Waals surface area contributed by atoms with Gasteiger partial charge in [-0.1, -0.05) is 11.6 Å². The lowest BCUT2D eigenvalue weighted by Crippen LogP contribution is -2.12. The van der Waals surface area contributed by atoms with Crippen LogP contribution in [-0.4, -0.2) is 10.9 Å². The van der Waals surface area contributed by atoms with E-state index >= 15 is 0 Å². The largest absolute Gasteiger partial charge is 0.396 e. The molecule has 0 saturated heterocycles. The maximum Gasteiger partial charge on any atom is 0.267 e. The van der Waals surface area contributed by atoms with E-state index in [-0.39, 0.29) is 5.02 Å². The highest BCUT2D eigenvalue weighted by molar-refractivity contribution is 7.21. The number of amides is 1. The van der Waals surface area contributed by atoms with Crippen molar-refractivity contribution in [2.45, 2.75) is 0 Å². The quantitative estimate of drug-likeness (QED) is 0.751. The van der Waals surface area contributed by atoms with Crippen LogP contribution >= 0.6 is 22.9 Å². The maximum atomic E-state index is 13.0. The van der Waals surface area contributed by atoms with Gasteiger partial charge in [0.25, 0.3) is 5.91 Å². The van der Waals surface area contributed by atoms with Crippen LogP contribution in [-0.2, 0) is 0 Å². The predicted molar refractivity (Wildman–Crippen MR) is 83.4 cm³/mol. The molecule has 0 aliphatic rings. The molecular formula is C14H9ClFN3OS. The highest BCUT2D eigenvalue weighted by atomic mass is 35.5. The van der Waals surface area contributed by atoms with Gasteiger partial charge in [-0.15, -0.1) is 11.3 Å². The summed E-state index contributed by atoms with van der Waals surface area (Å²) in [6.45, 7) is 0. The van der Waals surface area contributed by atoms with Crippen molar-refractivity contribution in [3.63, 3.8) is 0 Å². The Balaban J connectivity index is 1.95. The molecule has 0 unspecified atom stereocenters. The number of anilines is 2. The van der Waals surface area contributed by atoms with Gasteiger partial charge in [-0.05, 0) is 30.3 Å². The fourth-order valence-electron chi connectivity index (χ4n) is 1.89. The topological polar surface area (TPSA) is 68.0 Å². The molecule has 106 valence electrons. The lowest BCUT2D eigenvalue weighted by atomic mass is 10.3. The fourth-order valence-corrected chi connectivity index (χ4v) is 3.08. The molecular weight excluding hydrogens is 313 g/mol. The lowest BCUT2D eigenvalue weighted by Gasteiger charge is -2.06. The predicted octanol–water partition coefficient (Wildman–Crippen LogP) is 3.92. The Labute approximate surface area is 128 Å². The lowest BCUT2D eigenvalue weighted by molar-refractivity contribution is 0.103. The number of aromatic nitrogens is 1. The smallest absolute Gasteiger partial charge is 0.267 e. The Morgan fingerprint density at radius 2 is 2.19 bits per heavy atom. The number of benzene rings is 1. The van der Waals surface area contributed by atoms with Crippen molar-refractivity contribution in [2.75, 3.05) is 11.1 Å². The molecule has 1 aromatic carbocycles. The molecule has 0 saturated carbocycles. The summed E-state index contributed by atoms with van der Waals surface area (Å²) in [6.07, 6.45) is 1.62. The van der Waals surface area contributed by atoms with Crippen molar-refractivity contribution in [3.8, 4) is 0 Å². The number of hydrogen-bond donors (Lipinski definition) is 2. The van der Waals surface area contributed by atoms with Crippen molar-refractivity contribution in [1.29, 1.82) is 0 Å². The number of nitrogens with two attached hydrogens (primary N) is 1. The number of rotatable bonds is 2. The zero-order valence-corrected chi connectivity index (χ0v) is 12.1. The van der Waals surface area contributed by atoms with Gasteiger partial charge >= 0.3 is 0 Å². The molecule has 0 aliphatic carbocycles. The standard InChI is InChI=1S/C14H9ClFN3OS/c15-8-6-7(16)3-4-9(8)19-14(20)13-11(17)12-10(21-13)2-1-5-18-12/h1-6H,17H2,(H,19,20). The first kappa shape index (κ1) is 13.8. The van der Waals surface area contributed by atoms with E-state index in [0.29, 0.717) is 21.8 Å². The van der Waals surface area contributed by atoms with E-state index in [0.717, 1.165) is 10.8 Å². The summed E-state index contributed by atoms with van der Waals surface area (Å²) in [7, 11) is 0. The Morgan fingerprint density at radius 1 is 1.38 bits per heavy atom. The second kappa shape index (κ2) is 5.31. The Bertz CT molecular complexity index is 849. The van der Waals surface area contributed by atoms with E-state index in [4.69, 9.17) is 17.3 Å². The number of hydrogen-bond acceptors (Lipinski definition) is 4. The monoisotopic (exact) mass is 321 g/mol. The summed E-state index contributed by atoms with van der Waals surface area (Å²) < 4.78 is 13.8. The number of carbonyl (C=O) groups is 1. The molecule has 0 fully saturated rings. The Morgan fingerprint density at radius 3 is 2.90 bits per heavy atom. The van der Waals surface area contributed by atoms with Crippen LogP contribution in [0.1, 0.15) is 9.67 Å². The van der Waals surface area contributed by atoms with Crippen LogP contribution in [0.5, 0.6) is 0 Å². The molecule has 0 bridgehead atoms. The van der Waals surface area contributed by atoms with E-state index in [9.17, 15) is 9.18 Å². The van der Waals surface area contributed by atoms with Crippen molar-refractivity contribution in [3.05, 3.63) is 52.2 Å². The molecule has 3 rings (SSSR count). The minimum Gasteiger partial charge on any atom is -0.396 e. The number of pyridine rings is 1. The summed E-state index contributed by atoms with van der Waals surface area (Å²) in [4.78, 5) is 16.8. The Hall–Kier alpha value is -2.18. The van der Waals surface area contributed by atoms with E-state index < -0.39 is 11.7 Å². The van der Waals surface area contributed by atoms with E-state index in [1.165, 1.54) is 23.5 Å². The molecule has 0 atom stereocenters. The SMILES string of the molecule is Nc1c(C(=O)Nc2ccc(F)cc2Cl)sc2cccnc12. The first-order chi connectivity index (χ1) is 10.1. The highest BCUT2D eigenvalue weighted by Crippen LogP contribution is 2.33. The molecule has 7 heteroatoms. The molecule has 2 aromatic heterocycles. The third-order valence-electron chi connectivity index (χ3n) is 2.87. The number of carbonyl (C=O) groups excluding carboxylic acids is 1. The van der Waals surface area contributed by atoms with E-state index in [2.05, 4.69) is 10.3 Å². The maximum absolute atomic E-state index is 13.0.